The Labute approximate surface area is 142 Å². The van der Waals surface area contributed by atoms with Crippen LogP contribution in [0, 0.1) is 5.92 Å². The van der Waals surface area contributed by atoms with E-state index in [1.54, 1.807) is 0 Å². The lowest BCUT2D eigenvalue weighted by Gasteiger charge is -2.27. The molecule has 1 saturated heterocycles. The first-order valence-electron chi connectivity index (χ1n) is 9.60. The highest BCUT2D eigenvalue weighted by molar-refractivity contribution is 5.23. The number of hydrogen-bond acceptors (Lipinski definition) is 4. The van der Waals surface area contributed by atoms with Crippen molar-refractivity contribution in [2.24, 2.45) is 5.92 Å². The smallest absolute Gasteiger partial charge is 0.0107 e. The third-order valence-electron chi connectivity index (χ3n) is 4.78. The molecule has 0 amide bonds. The van der Waals surface area contributed by atoms with E-state index in [9.17, 15) is 0 Å². The molecule has 2 rings (SSSR count). The van der Waals surface area contributed by atoms with Crippen LogP contribution in [-0.4, -0.2) is 63.8 Å². The van der Waals surface area contributed by atoms with Gasteiger partial charge in [-0.15, -0.1) is 0 Å². The van der Waals surface area contributed by atoms with Crippen molar-refractivity contribution in [3.8, 4) is 0 Å². The Kier molecular flexibility index (Phi) is 9.57. The van der Waals surface area contributed by atoms with Gasteiger partial charge in [0.25, 0.3) is 0 Å². The van der Waals surface area contributed by atoms with Crippen molar-refractivity contribution >= 4 is 0 Å². The van der Waals surface area contributed by atoms with Crippen LogP contribution in [-0.2, 0) is 0 Å². The van der Waals surface area contributed by atoms with E-state index in [0.29, 0.717) is 5.92 Å². The molecule has 2 aliphatic rings. The molecule has 1 aliphatic carbocycles. The molecule has 1 fully saturated rings. The van der Waals surface area contributed by atoms with Crippen LogP contribution in [0.1, 0.15) is 32.6 Å². The summed E-state index contributed by atoms with van der Waals surface area (Å²) >= 11 is 0. The Morgan fingerprint density at radius 2 is 1.70 bits per heavy atom. The first-order valence-corrected chi connectivity index (χ1v) is 9.60. The molecule has 132 valence electrons. The highest BCUT2D eigenvalue weighted by atomic mass is 15.1. The molecule has 0 aromatic rings. The summed E-state index contributed by atoms with van der Waals surface area (Å²) in [6.45, 7) is 12.5. The minimum absolute atomic E-state index is 0.696. The average Bonchev–Trinajstić information content (AvgIpc) is 2.59. The van der Waals surface area contributed by atoms with Crippen LogP contribution in [0.2, 0.25) is 0 Å². The van der Waals surface area contributed by atoms with Gasteiger partial charge >= 0.3 is 0 Å². The minimum Gasteiger partial charge on any atom is -0.315 e. The molecule has 0 radical (unpaired) electrons. The second kappa shape index (κ2) is 11.8. The van der Waals surface area contributed by atoms with Gasteiger partial charge in [0.15, 0.2) is 0 Å². The van der Waals surface area contributed by atoms with E-state index in [-0.39, 0.29) is 0 Å². The Bertz CT molecular complexity index is 350. The second-order valence-electron chi connectivity index (χ2n) is 6.75. The van der Waals surface area contributed by atoms with Crippen LogP contribution in [0.3, 0.4) is 0 Å². The normalized spacial score (nSPS) is 26.5. The average molecular weight is 321 g/mol. The minimum atomic E-state index is 0.696. The second-order valence-corrected chi connectivity index (χ2v) is 6.75. The maximum absolute atomic E-state index is 3.60. The molecule has 0 aromatic carbocycles. The lowest BCUT2D eigenvalue weighted by atomic mass is 9.95. The predicted molar refractivity (Wildman–Crippen MR) is 99.9 cm³/mol. The van der Waals surface area contributed by atoms with Crippen LogP contribution in [0.15, 0.2) is 23.8 Å². The highest BCUT2D eigenvalue weighted by Gasteiger charge is 2.13. The molecular formula is C19H36N4. The number of rotatable bonds is 3. The Morgan fingerprint density at radius 3 is 2.39 bits per heavy atom. The van der Waals surface area contributed by atoms with Gasteiger partial charge in [-0.25, -0.2) is 0 Å². The number of nitrogens with zero attached hydrogens (tertiary/aromatic N) is 1. The number of hydrogen-bond donors (Lipinski definition) is 3. The quantitative estimate of drug-likeness (QED) is 0.741. The van der Waals surface area contributed by atoms with E-state index >= 15 is 0 Å². The fourth-order valence-corrected chi connectivity index (χ4v) is 3.29. The molecule has 0 spiro atoms. The number of allylic oxidation sites excluding steroid dienone is 3. The van der Waals surface area contributed by atoms with Crippen molar-refractivity contribution in [2.45, 2.75) is 32.6 Å². The van der Waals surface area contributed by atoms with Crippen molar-refractivity contribution in [1.29, 1.82) is 0 Å². The molecule has 0 saturated carbocycles. The molecule has 3 N–H and O–H groups in total. The van der Waals surface area contributed by atoms with Crippen molar-refractivity contribution in [1.82, 2.24) is 20.9 Å². The van der Waals surface area contributed by atoms with Crippen LogP contribution in [0.25, 0.3) is 0 Å². The Balaban J connectivity index is 1.74. The molecule has 0 bridgehead atoms. The lowest BCUT2D eigenvalue weighted by Crippen LogP contribution is -2.38. The summed E-state index contributed by atoms with van der Waals surface area (Å²) in [5.41, 5.74) is 1.50. The Hall–Kier alpha value is -0.680. The molecule has 23 heavy (non-hydrogen) atoms. The maximum Gasteiger partial charge on any atom is 0.0107 e. The summed E-state index contributed by atoms with van der Waals surface area (Å²) < 4.78 is 0. The standard InChI is InChI=1S/C19H36N4/c1-2-18-5-7-19(8-6-18)17-23-15-4-11-21-13-12-20-9-3-10-22-14-16-23/h5-7,19-22H,2-4,8-17H2,1H3. The zero-order valence-corrected chi connectivity index (χ0v) is 14.9. The van der Waals surface area contributed by atoms with Crippen molar-refractivity contribution < 1.29 is 0 Å². The zero-order chi connectivity index (χ0) is 16.2. The van der Waals surface area contributed by atoms with Gasteiger partial charge in [0, 0.05) is 32.7 Å². The fourth-order valence-electron chi connectivity index (χ4n) is 3.29. The SMILES string of the molecule is CCC1=CCC(CN2CCCNCCNCCCNCC2)C=C1. The largest absolute Gasteiger partial charge is 0.315 e. The van der Waals surface area contributed by atoms with Gasteiger partial charge in [0.05, 0.1) is 0 Å². The van der Waals surface area contributed by atoms with Crippen LogP contribution < -0.4 is 16.0 Å². The fraction of sp³-hybridized carbons (Fsp3) is 0.789. The first kappa shape index (κ1) is 18.7. The summed E-state index contributed by atoms with van der Waals surface area (Å²) in [6.07, 6.45) is 12.0. The van der Waals surface area contributed by atoms with Gasteiger partial charge in [-0.3, -0.25) is 0 Å². The van der Waals surface area contributed by atoms with E-state index in [4.69, 9.17) is 0 Å². The summed E-state index contributed by atoms with van der Waals surface area (Å²) in [5.74, 6) is 0.696. The van der Waals surface area contributed by atoms with E-state index < -0.39 is 0 Å². The summed E-state index contributed by atoms with van der Waals surface area (Å²) in [5, 5.41) is 10.6. The summed E-state index contributed by atoms with van der Waals surface area (Å²) in [4.78, 5) is 2.65. The van der Waals surface area contributed by atoms with Crippen molar-refractivity contribution in [3.63, 3.8) is 0 Å². The third-order valence-corrected chi connectivity index (χ3v) is 4.78. The van der Waals surface area contributed by atoms with Gasteiger partial charge in [-0.05, 0) is 57.8 Å². The van der Waals surface area contributed by atoms with E-state index in [1.165, 1.54) is 44.5 Å². The van der Waals surface area contributed by atoms with Crippen molar-refractivity contribution in [2.75, 3.05) is 58.9 Å². The molecular weight excluding hydrogens is 284 g/mol. The van der Waals surface area contributed by atoms with Crippen LogP contribution in [0.4, 0.5) is 0 Å². The number of nitrogens with one attached hydrogen (secondary N) is 3. The molecule has 1 aliphatic heterocycles. The lowest BCUT2D eigenvalue weighted by molar-refractivity contribution is 0.243. The summed E-state index contributed by atoms with van der Waals surface area (Å²) in [7, 11) is 0. The third kappa shape index (κ3) is 8.11. The molecule has 4 heteroatoms. The monoisotopic (exact) mass is 320 g/mol. The topological polar surface area (TPSA) is 39.3 Å². The van der Waals surface area contributed by atoms with Gasteiger partial charge in [0.1, 0.15) is 0 Å². The molecule has 0 aromatic heterocycles. The Morgan fingerprint density at radius 1 is 0.957 bits per heavy atom. The molecule has 1 unspecified atom stereocenters. The molecule has 1 atom stereocenters. The van der Waals surface area contributed by atoms with Gasteiger partial charge in [-0.1, -0.05) is 30.7 Å². The first-order chi connectivity index (χ1) is 11.4. The van der Waals surface area contributed by atoms with Gasteiger partial charge in [-0.2, -0.15) is 0 Å². The highest BCUT2D eigenvalue weighted by Crippen LogP contribution is 2.19. The van der Waals surface area contributed by atoms with Gasteiger partial charge < -0.3 is 20.9 Å². The molecule has 1 heterocycles. The van der Waals surface area contributed by atoms with Crippen LogP contribution >= 0.6 is 0 Å². The summed E-state index contributed by atoms with van der Waals surface area (Å²) in [6, 6.07) is 0. The predicted octanol–water partition coefficient (Wildman–Crippen LogP) is 1.76. The maximum atomic E-state index is 3.60. The van der Waals surface area contributed by atoms with Gasteiger partial charge in [0.2, 0.25) is 0 Å². The van der Waals surface area contributed by atoms with Crippen LogP contribution in [0.5, 0.6) is 0 Å². The zero-order valence-electron chi connectivity index (χ0n) is 14.9. The van der Waals surface area contributed by atoms with E-state index in [1.807, 2.05) is 0 Å². The van der Waals surface area contributed by atoms with E-state index in [0.717, 1.165) is 45.7 Å². The van der Waals surface area contributed by atoms with E-state index in [2.05, 4.69) is 46.0 Å². The van der Waals surface area contributed by atoms with Crippen molar-refractivity contribution in [3.05, 3.63) is 23.8 Å². The molecule has 4 nitrogen and oxygen atoms in total.